The maximum atomic E-state index is 11.7. The van der Waals surface area contributed by atoms with Crippen molar-refractivity contribution in [3.05, 3.63) is 132 Å². The molecule has 4 rings (SSSR count). The first kappa shape index (κ1) is 25.6. The van der Waals surface area contributed by atoms with Crippen LogP contribution in [0.4, 0.5) is 0 Å². The van der Waals surface area contributed by atoms with Crippen LogP contribution in [0.15, 0.2) is 110 Å². The van der Waals surface area contributed by atoms with Crippen LogP contribution in [0.3, 0.4) is 0 Å². The zero-order valence-corrected chi connectivity index (χ0v) is 21.2. The van der Waals surface area contributed by atoms with Gasteiger partial charge in [-0.1, -0.05) is 55.1 Å². The fourth-order valence-electron chi connectivity index (χ4n) is 4.49. The molecule has 0 spiro atoms. The summed E-state index contributed by atoms with van der Waals surface area (Å²) in [5.74, 6) is 2.27. The van der Waals surface area contributed by atoms with E-state index in [0.717, 1.165) is 45.6 Å². The van der Waals surface area contributed by atoms with E-state index in [1.54, 1.807) is 21.3 Å². The molecule has 0 aliphatic heterocycles. The van der Waals surface area contributed by atoms with E-state index < -0.39 is 5.97 Å². The highest BCUT2D eigenvalue weighted by molar-refractivity contribution is 5.83. The summed E-state index contributed by atoms with van der Waals surface area (Å²) >= 11 is 0. The molecule has 0 radical (unpaired) electrons. The molecule has 5 nitrogen and oxygen atoms in total. The summed E-state index contributed by atoms with van der Waals surface area (Å²) in [5, 5.41) is 0. The molecular formula is C32H30O5. The van der Waals surface area contributed by atoms with Crippen molar-refractivity contribution in [2.45, 2.75) is 11.8 Å². The van der Waals surface area contributed by atoms with Crippen LogP contribution in [0, 0.1) is 0 Å². The fraction of sp³-hybridized carbons (Fsp3) is 0.156. The van der Waals surface area contributed by atoms with E-state index in [4.69, 9.17) is 18.9 Å². The number of carbonyl (C=O) groups excluding carboxylic acids is 1. The minimum absolute atomic E-state index is 0.0354. The van der Waals surface area contributed by atoms with Crippen molar-refractivity contribution in [3.8, 4) is 23.0 Å². The normalized spacial score (nSPS) is 11.5. The van der Waals surface area contributed by atoms with E-state index in [-0.39, 0.29) is 11.8 Å². The van der Waals surface area contributed by atoms with Crippen LogP contribution in [0.2, 0.25) is 0 Å². The number of hydrogen-bond donors (Lipinski definition) is 0. The van der Waals surface area contributed by atoms with E-state index in [2.05, 4.69) is 43.0 Å². The van der Waals surface area contributed by atoms with Gasteiger partial charge in [0.15, 0.2) is 0 Å². The van der Waals surface area contributed by atoms with Gasteiger partial charge in [-0.15, -0.1) is 0 Å². The van der Waals surface area contributed by atoms with Gasteiger partial charge in [-0.3, -0.25) is 0 Å². The van der Waals surface area contributed by atoms with E-state index >= 15 is 0 Å². The van der Waals surface area contributed by atoms with Crippen molar-refractivity contribution >= 4 is 5.97 Å². The molecular weight excluding hydrogens is 464 g/mol. The number of methoxy groups -OCH3 is 3. The molecule has 0 aromatic heterocycles. The molecule has 0 fully saturated rings. The second kappa shape index (κ2) is 12.0. The number of benzene rings is 4. The molecule has 4 aromatic rings. The van der Waals surface area contributed by atoms with Gasteiger partial charge in [0.2, 0.25) is 0 Å². The van der Waals surface area contributed by atoms with Gasteiger partial charge >= 0.3 is 5.97 Å². The van der Waals surface area contributed by atoms with Crippen molar-refractivity contribution in [3.63, 3.8) is 0 Å². The first-order valence-corrected chi connectivity index (χ1v) is 11.9. The monoisotopic (exact) mass is 494 g/mol. The Kier molecular flexibility index (Phi) is 8.26. The zero-order valence-electron chi connectivity index (χ0n) is 21.2. The number of hydrogen-bond acceptors (Lipinski definition) is 5. The van der Waals surface area contributed by atoms with Crippen molar-refractivity contribution in [2.24, 2.45) is 0 Å². The summed E-state index contributed by atoms with van der Waals surface area (Å²) in [6.45, 7) is 3.47. The third-order valence-electron chi connectivity index (χ3n) is 6.38. The summed E-state index contributed by atoms with van der Waals surface area (Å²) in [4.78, 5) is 11.7. The van der Waals surface area contributed by atoms with Crippen LogP contribution in [-0.4, -0.2) is 27.3 Å². The van der Waals surface area contributed by atoms with Gasteiger partial charge in [0.25, 0.3) is 0 Å². The molecule has 0 heterocycles. The van der Waals surface area contributed by atoms with Crippen molar-refractivity contribution < 1.29 is 23.7 Å². The van der Waals surface area contributed by atoms with Gasteiger partial charge in [-0.2, -0.15) is 0 Å². The summed E-state index contributed by atoms with van der Waals surface area (Å²) in [6, 6.07) is 32.1. The highest BCUT2D eigenvalue weighted by atomic mass is 16.5. The number of esters is 1. The Morgan fingerprint density at radius 2 is 0.811 bits per heavy atom. The summed E-state index contributed by atoms with van der Waals surface area (Å²) in [6.07, 6.45) is 1.15. The van der Waals surface area contributed by atoms with Crippen molar-refractivity contribution in [1.29, 1.82) is 0 Å². The maximum absolute atomic E-state index is 11.7. The summed E-state index contributed by atoms with van der Waals surface area (Å²) in [7, 11) is 4.99. The number of carbonyl (C=O) groups is 1. The fourth-order valence-corrected chi connectivity index (χ4v) is 4.49. The lowest BCUT2D eigenvalue weighted by molar-refractivity contribution is -0.128. The minimum Gasteiger partial charge on any atom is -0.497 e. The standard InChI is InChI=1S/C32H30O5/c1-5-30(33)37-29-20-12-25(13-21-29)32(24-10-18-28(36-4)19-11-24)31(22-6-14-26(34-2)15-7-22)23-8-16-27(35-3)17-9-23/h5-21,31-32H,1H2,2-4H3. The third-order valence-corrected chi connectivity index (χ3v) is 6.38. The zero-order chi connectivity index (χ0) is 26.2. The van der Waals surface area contributed by atoms with Crippen LogP contribution in [0.25, 0.3) is 0 Å². The molecule has 1 unspecified atom stereocenters. The van der Waals surface area contributed by atoms with Gasteiger partial charge in [0, 0.05) is 17.9 Å². The Labute approximate surface area is 217 Å². The van der Waals surface area contributed by atoms with E-state index in [0.29, 0.717) is 5.75 Å². The second-order valence-corrected chi connectivity index (χ2v) is 8.47. The van der Waals surface area contributed by atoms with Crippen LogP contribution >= 0.6 is 0 Å². The van der Waals surface area contributed by atoms with Crippen LogP contribution in [-0.2, 0) is 4.79 Å². The quantitative estimate of drug-likeness (QED) is 0.138. The van der Waals surface area contributed by atoms with Gasteiger partial charge in [-0.05, 0) is 70.8 Å². The molecule has 0 amide bonds. The molecule has 0 N–H and O–H groups in total. The SMILES string of the molecule is C=CC(=O)Oc1ccc(C(c2ccc(OC)cc2)C(c2ccc(OC)cc2)c2ccc(OC)cc2)cc1. The highest BCUT2D eigenvalue weighted by Crippen LogP contribution is 2.44. The van der Waals surface area contributed by atoms with E-state index in [1.807, 2.05) is 60.7 Å². The topological polar surface area (TPSA) is 54.0 Å². The lowest BCUT2D eigenvalue weighted by Crippen LogP contribution is -2.15. The summed E-state index contributed by atoms with van der Waals surface area (Å²) in [5.41, 5.74) is 4.45. The molecule has 37 heavy (non-hydrogen) atoms. The molecule has 0 bridgehead atoms. The minimum atomic E-state index is -0.492. The molecule has 0 saturated heterocycles. The highest BCUT2D eigenvalue weighted by Gasteiger charge is 2.28. The van der Waals surface area contributed by atoms with Crippen molar-refractivity contribution in [2.75, 3.05) is 21.3 Å². The molecule has 1 atom stereocenters. The van der Waals surface area contributed by atoms with Crippen molar-refractivity contribution in [1.82, 2.24) is 0 Å². The Hall–Kier alpha value is -4.51. The molecule has 0 aliphatic carbocycles. The van der Waals surface area contributed by atoms with Crippen LogP contribution in [0.5, 0.6) is 23.0 Å². The van der Waals surface area contributed by atoms with Crippen LogP contribution < -0.4 is 18.9 Å². The Morgan fingerprint density at radius 3 is 1.05 bits per heavy atom. The van der Waals surface area contributed by atoms with Gasteiger partial charge < -0.3 is 18.9 Å². The van der Waals surface area contributed by atoms with E-state index in [9.17, 15) is 4.79 Å². The largest absolute Gasteiger partial charge is 0.497 e. The first-order valence-electron chi connectivity index (χ1n) is 11.9. The lowest BCUT2D eigenvalue weighted by atomic mass is 9.73. The Balaban J connectivity index is 1.87. The second-order valence-electron chi connectivity index (χ2n) is 8.47. The molecule has 0 aliphatic rings. The maximum Gasteiger partial charge on any atom is 0.335 e. The smallest absolute Gasteiger partial charge is 0.335 e. The third kappa shape index (κ3) is 6.01. The van der Waals surface area contributed by atoms with E-state index in [1.165, 1.54) is 0 Å². The molecule has 5 heteroatoms. The molecule has 4 aromatic carbocycles. The predicted molar refractivity (Wildman–Crippen MR) is 145 cm³/mol. The Bertz CT molecular complexity index is 1260. The van der Waals surface area contributed by atoms with Gasteiger partial charge in [0.1, 0.15) is 23.0 Å². The number of ether oxygens (including phenoxy) is 4. The van der Waals surface area contributed by atoms with Gasteiger partial charge in [-0.25, -0.2) is 4.79 Å². The average molecular weight is 495 g/mol. The number of rotatable bonds is 10. The first-order chi connectivity index (χ1) is 18.1. The molecule has 0 saturated carbocycles. The Morgan fingerprint density at radius 1 is 0.541 bits per heavy atom. The molecule has 188 valence electrons. The van der Waals surface area contributed by atoms with Gasteiger partial charge in [0.05, 0.1) is 21.3 Å². The predicted octanol–water partition coefficient (Wildman–Crippen LogP) is 6.77. The summed E-state index contributed by atoms with van der Waals surface area (Å²) < 4.78 is 21.6. The van der Waals surface area contributed by atoms with Crippen LogP contribution in [0.1, 0.15) is 34.1 Å². The lowest BCUT2D eigenvalue weighted by Gasteiger charge is -2.30. The average Bonchev–Trinajstić information content (AvgIpc) is 2.96.